The first-order valence-electron chi connectivity index (χ1n) is 9.34. The van der Waals surface area contributed by atoms with Crippen molar-refractivity contribution in [2.45, 2.75) is 13.0 Å². The van der Waals surface area contributed by atoms with Crippen LogP contribution < -0.4 is 19.1 Å². The molecule has 2 aromatic heterocycles. The number of hydrogen-bond donors (Lipinski definition) is 2. The maximum absolute atomic E-state index is 11.0. The molecule has 9 nitrogen and oxygen atoms in total. The summed E-state index contributed by atoms with van der Waals surface area (Å²) in [5.41, 5.74) is 0.952. The van der Waals surface area contributed by atoms with Gasteiger partial charge in [0.05, 0.1) is 34.5 Å². The number of nitrogens with zero attached hydrogens (tertiary/aromatic N) is 3. The molecular formula is C19H25N4O5S+. The number of fused-ring (bicyclic) bond motifs is 1. The molecule has 0 radical (unpaired) electrons. The number of methoxy groups -OCH3 is 3. The Morgan fingerprint density at radius 3 is 2.34 bits per heavy atom. The minimum atomic E-state index is -0.151. The molecule has 0 aliphatic carbocycles. The highest BCUT2D eigenvalue weighted by atomic mass is 32.1. The summed E-state index contributed by atoms with van der Waals surface area (Å²) in [6, 6.07) is 3.73. The molecule has 1 atom stereocenters. The van der Waals surface area contributed by atoms with Crippen molar-refractivity contribution in [2.75, 3.05) is 47.6 Å². The monoisotopic (exact) mass is 421 g/mol. The molecule has 10 heteroatoms. The van der Waals surface area contributed by atoms with Crippen LogP contribution in [0.4, 0.5) is 0 Å². The van der Waals surface area contributed by atoms with Gasteiger partial charge in [-0.1, -0.05) is 11.3 Å². The molecule has 0 spiro atoms. The lowest BCUT2D eigenvalue weighted by Crippen LogP contribution is -3.14. The van der Waals surface area contributed by atoms with E-state index in [-0.39, 0.29) is 11.9 Å². The van der Waals surface area contributed by atoms with Crippen LogP contribution in [0.25, 0.3) is 4.96 Å². The van der Waals surface area contributed by atoms with E-state index in [1.54, 1.807) is 21.3 Å². The molecule has 156 valence electrons. The van der Waals surface area contributed by atoms with E-state index in [1.165, 1.54) is 20.8 Å². The van der Waals surface area contributed by atoms with Crippen LogP contribution in [-0.2, 0) is 4.74 Å². The Bertz CT molecular complexity index is 987. The highest BCUT2D eigenvalue weighted by Crippen LogP contribution is 2.42. The fourth-order valence-corrected chi connectivity index (χ4v) is 4.99. The molecule has 0 unspecified atom stereocenters. The summed E-state index contributed by atoms with van der Waals surface area (Å²) in [6.45, 7) is 4.76. The number of rotatable bonds is 6. The van der Waals surface area contributed by atoms with Crippen LogP contribution in [0.3, 0.4) is 0 Å². The Balaban J connectivity index is 1.88. The standard InChI is InChI=1S/C19H24N4O5S/c1-11-20-19-23(21-11)18(24)17(29-19)15(22-5-7-28-8-6-22)12-9-13(25-2)16(27-4)14(10-12)26-3/h9-10,15,24H,5-8H2,1-4H3/p+1/t15-/m1/s1. The van der Waals surface area contributed by atoms with Crippen LogP contribution in [0.1, 0.15) is 22.3 Å². The summed E-state index contributed by atoms with van der Waals surface area (Å²) in [6.07, 6.45) is 0. The number of hydrogen-bond acceptors (Lipinski definition) is 8. The Morgan fingerprint density at radius 2 is 1.79 bits per heavy atom. The Labute approximate surface area is 172 Å². The van der Waals surface area contributed by atoms with Gasteiger partial charge in [0, 0.05) is 5.56 Å². The van der Waals surface area contributed by atoms with Gasteiger partial charge < -0.3 is 29.0 Å². The summed E-state index contributed by atoms with van der Waals surface area (Å²) in [5.74, 6) is 2.44. The Morgan fingerprint density at radius 1 is 1.14 bits per heavy atom. The average Bonchev–Trinajstić information content (AvgIpc) is 3.25. The molecular weight excluding hydrogens is 396 g/mol. The second-order valence-electron chi connectivity index (χ2n) is 6.81. The van der Waals surface area contributed by atoms with Crippen LogP contribution in [0.15, 0.2) is 12.1 Å². The molecule has 2 N–H and O–H groups in total. The number of aryl methyl sites for hydroxylation is 1. The minimum Gasteiger partial charge on any atom is -0.493 e. The van der Waals surface area contributed by atoms with Gasteiger partial charge in [-0.15, -0.1) is 5.10 Å². The summed E-state index contributed by atoms with van der Waals surface area (Å²) in [5, 5.41) is 15.3. The van der Waals surface area contributed by atoms with Crippen molar-refractivity contribution in [3.05, 3.63) is 28.4 Å². The summed E-state index contributed by atoms with van der Waals surface area (Å²) >= 11 is 1.44. The van der Waals surface area contributed by atoms with Gasteiger partial charge in [0.2, 0.25) is 16.6 Å². The molecule has 1 saturated heterocycles. The van der Waals surface area contributed by atoms with Crippen LogP contribution in [0.2, 0.25) is 0 Å². The van der Waals surface area contributed by atoms with Crippen LogP contribution in [0.5, 0.6) is 23.1 Å². The highest BCUT2D eigenvalue weighted by Gasteiger charge is 2.35. The highest BCUT2D eigenvalue weighted by molar-refractivity contribution is 7.17. The van der Waals surface area contributed by atoms with E-state index in [0.717, 1.165) is 23.5 Å². The molecule has 1 aromatic carbocycles. The summed E-state index contributed by atoms with van der Waals surface area (Å²) < 4.78 is 23.6. The number of benzene rings is 1. The summed E-state index contributed by atoms with van der Waals surface area (Å²) in [7, 11) is 4.78. The lowest BCUT2D eigenvalue weighted by atomic mass is 10.0. The molecule has 4 rings (SSSR count). The van der Waals surface area contributed by atoms with Crippen molar-refractivity contribution in [3.8, 4) is 23.1 Å². The average molecular weight is 421 g/mol. The first-order chi connectivity index (χ1) is 14.1. The molecule has 0 saturated carbocycles. The van der Waals surface area contributed by atoms with Gasteiger partial charge in [-0.3, -0.25) is 0 Å². The molecule has 29 heavy (non-hydrogen) atoms. The fourth-order valence-electron chi connectivity index (χ4n) is 3.80. The smallest absolute Gasteiger partial charge is 0.235 e. The maximum Gasteiger partial charge on any atom is 0.235 e. The zero-order chi connectivity index (χ0) is 20.5. The second-order valence-corrected chi connectivity index (χ2v) is 7.81. The topological polar surface area (TPSA) is 91.8 Å². The normalized spacial score (nSPS) is 16.1. The zero-order valence-corrected chi connectivity index (χ0v) is 17.7. The quantitative estimate of drug-likeness (QED) is 0.609. The third kappa shape index (κ3) is 3.47. The zero-order valence-electron chi connectivity index (χ0n) is 16.9. The number of thiazole rings is 1. The predicted octanol–water partition coefficient (Wildman–Crippen LogP) is 0.835. The van der Waals surface area contributed by atoms with Crippen LogP contribution in [0, 0.1) is 6.92 Å². The van der Waals surface area contributed by atoms with E-state index in [1.807, 2.05) is 19.1 Å². The number of nitrogens with one attached hydrogen (secondary N) is 1. The van der Waals surface area contributed by atoms with Crippen molar-refractivity contribution >= 4 is 16.3 Å². The van der Waals surface area contributed by atoms with Gasteiger partial charge in [0.25, 0.3) is 0 Å². The van der Waals surface area contributed by atoms with Gasteiger partial charge in [-0.25, -0.2) is 4.98 Å². The van der Waals surface area contributed by atoms with Gasteiger partial charge >= 0.3 is 0 Å². The van der Waals surface area contributed by atoms with Crippen molar-refractivity contribution in [2.24, 2.45) is 0 Å². The first kappa shape index (κ1) is 19.7. The van der Waals surface area contributed by atoms with Crippen LogP contribution >= 0.6 is 11.3 Å². The van der Waals surface area contributed by atoms with E-state index >= 15 is 0 Å². The lowest BCUT2D eigenvalue weighted by molar-refractivity contribution is -0.932. The van der Waals surface area contributed by atoms with E-state index in [4.69, 9.17) is 18.9 Å². The van der Waals surface area contributed by atoms with Crippen molar-refractivity contribution in [3.63, 3.8) is 0 Å². The van der Waals surface area contributed by atoms with Gasteiger partial charge in [-0.2, -0.15) is 4.52 Å². The summed E-state index contributed by atoms with van der Waals surface area (Å²) in [4.78, 5) is 7.16. The predicted molar refractivity (Wildman–Crippen MR) is 107 cm³/mol. The Kier molecular flexibility index (Phi) is 5.48. The molecule has 1 aliphatic heterocycles. The molecule has 0 bridgehead atoms. The maximum atomic E-state index is 11.0. The first-order valence-corrected chi connectivity index (χ1v) is 10.2. The van der Waals surface area contributed by atoms with Crippen LogP contribution in [-0.4, -0.2) is 67.3 Å². The molecule has 1 fully saturated rings. The van der Waals surface area contributed by atoms with E-state index in [0.29, 0.717) is 41.2 Å². The molecule has 0 amide bonds. The lowest BCUT2D eigenvalue weighted by Gasteiger charge is -2.31. The Hall–Kier alpha value is -2.56. The molecule has 3 heterocycles. The van der Waals surface area contributed by atoms with E-state index < -0.39 is 0 Å². The van der Waals surface area contributed by atoms with E-state index in [2.05, 4.69) is 10.1 Å². The fraction of sp³-hybridized carbons (Fsp3) is 0.474. The number of aromatic nitrogens is 3. The van der Waals surface area contributed by atoms with Gasteiger partial charge in [0.1, 0.15) is 23.8 Å². The largest absolute Gasteiger partial charge is 0.493 e. The second kappa shape index (κ2) is 8.05. The number of aromatic hydroxyl groups is 1. The van der Waals surface area contributed by atoms with Crippen molar-refractivity contribution in [1.82, 2.24) is 14.6 Å². The number of ether oxygens (including phenoxy) is 4. The molecule has 3 aromatic rings. The number of quaternary nitrogens is 1. The van der Waals surface area contributed by atoms with E-state index in [9.17, 15) is 5.11 Å². The molecule has 1 aliphatic rings. The third-order valence-corrected chi connectivity index (χ3v) is 6.22. The van der Waals surface area contributed by atoms with Crippen molar-refractivity contribution < 1.29 is 29.0 Å². The third-order valence-electron chi connectivity index (χ3n) is 5.13. The SMILES string of the molecule is COc1cc([C@H](c2sc3nc(C)nn3c2O)[NH+]2CCOCC2)cc(OC)c1OC. The number of morpholine rings is 1. The minimum absolute atomic E-state index is 0.114. The van der Waals surface area contributed by atoms with Gasteiger partial charge in [0.15, 0.2) is 17.5 Å². The van der Waals surface area contributed by atoms with Gasteiger partial charge in [-0.05, 0) is 19.1 Å². The van der Waals surface area contributed by atoms with Crippen molar-refractivity contribution in [1.29, 1.82) is 0 Å².